The summed E-state index contributed by atoms with van der Waals surface area (Å²) in [4.78, 5) is 70.7. The monoisotopic (exact) mass is 539 g/mol. The number of fused-ring (bicyclic) bond motifs is 3. The minimum Gasteiger partial charge on any atom is -0.506 e. The van der Waals surface area contributed by atoms with Crippen molar-refractivity contribution in [3.05, 3.63) is 34.7 Å². The molecule has 6 atom stereocenters. The number of rotatable bonds is 4. The molecule has 3 aliphatic rings. The van der Waals surface area contributed by atoms with Gasteiger partial charge in [-0.1, -0.05) is 6.07 Å². The Bertz CT molecular complexity index is 1400. The van der Waals surface area contributed by atoms with E-state index in [4.69, 9.17) is 5.73 Å². The summed E-state index contributed by atoms with van der Waals surface area (Å²) in [5.41, 5.74) is 4.33. The number of benzene rings is 1. The van der Waals surface area contributed by atoms with Crippen LogP contribution >= 0.6 is 11.3 Å². The summed E-state index contributed by atoms with van der Waals surface area (Å²) in [5, 5.41) is 24.8. The first kappa shape index (κ1) is 26.2. The number of phenols is 1. The third-order valence-electron chi connectivity index (χ3n) is 8.31. The molecule has 11 heteroatoms. The number of nitrogens with zero attached hydrogens (tertiary/aromatic N) is 2. The molecule has 4 N–H and O–H groups in total. The molecule has 2 fully saturated rings. The van der Waals surface area contributed by atoms with Gasteiger partial charge in [0.05, 0.1) is 17.5 Å². The minimum atomic E-state index is -2.73. The summed E-state index contributed by atoms with van der Waals surface area (Å²) in [6.45, 7) is 0. The largest absolute Gasteiger partial charge is 0.506 e. The van der Waals surface area contributed by atoms with Crippen LogP contribution in [0, 0.1) is 23.7 Å². The summed E-state index contributed by atoms with van der Waals surface area (Å²) in [5.74, 6) is -10.5. The van der Waals surface area contributed by atoms with E-state index in [-0.39, 0.29) is 24.2 Å². The van der Waals surface area contributed by atoms with Gasteiger partial charge in [-0.05, 0) is 55.9 Å². The Morgan fingerprint density at radius 3 is 2.37 bits per heavy atom. The lowest BCUT2D eigenvalue weighted by molar-refractivity contribution is -0.181. The number of thiophene rings is 1. The average molecular weight is 540 g/mol. The van der Waals surface area contributed by atoms with E-state index in [0.29, 0.717) is 16.8 Å². The SMILES string of the molecule is CN(C)c1cc(-c2cccs2)c(O)c2c1C[C@@H]1C[C@@H]3[C@@H](N(C)C)C(=O)C(C(N)=O)C(=O)[C@]3(O)C(=O)C1C2=O. The van der Waals surface area contributed by atoms with Crippen molar-refractivity contribution in [1.29, 1.82) is 0 Å². The van der Waals surface area contributed by atoms with Crippen molar-refractivity contribution in [3.8, 4) is 16.2 Å². The third-order valence-corrected chi connectivity index (χ3v) is 9.21. The molecule has 1 aromatic heterocycles. The van der Waals surface area contributed by atoms with E-state index in [1.807, 2.05) is 42.6 Å². The molecule has 3 aliphatic carbocycles. The van der Waals surface area contributed by atoms with Gasteiger partial charge in [0.15, 0.2) is 34.7 Å². The maximum absolute atomic E-state index is 14.0. The maximum atomic E-state index is 14.0. The number of phenolic OH excluding ortho intramolecular Hbond substituents is 1. The Balaban J connectivity index is 1.69. The Hall–Kier alpha value is -3.41. The number of amides is 1. The maximum Gasteiger partial charge on any atom is 0.235 e. The lowest BCUT2D eigenvalue weighted by Gasteiger charge is -2.52. The van der Waals surface area contributed by atoms with E-state index in [2.05, 4.69) is 0 Å². The van der Waals surface area contributed by atoms with Gasteiger partial charge in [0.1, 0.15) is 5.75 Å². The molecular formula is C27H29N3O7S. The van der Waals surface area contributed by atoms with Gasteiger partial charge >= 0.3 is 0 Å². The highest BCUT2D eigenvalue weighted by Crippen LogP contribution is 2.53. The first-order valence-corrected chi connectivity index (χ1v) is 13.1. The number of Topliss-reactive ketones (excluding diaryl/α,β-unsaturated/α-hetero) is 4. The fourth-order valence-electron chi connectivity index (χ4n) is 6.67. The van der Waals surface area contributed by atoms with E-state index >= 15 is 0 Å². The molecule has 1 heterocycles. The Morgan fingerprint density at radius 2 is 1.82 bits per heavy atom. The van der Waals surface area contributed by atoms with E-state index in [0.717, 1.165) is 4.88 Å². The van der Waals surface area contributed by atoms with E-state index in [9.17, 15) is 34.2 Å². The zero-order valence-electron chi connectivity index (χ0n) is 21.4. The summed E-state index contributed by atoms with van der Waals surface area (Å²) < 4.78 is 0. The average Bonchev–Trinajstić information content (AvgIpc) is 3.35. The van der Waals surface area contributed by atoms with Crippen LogP contribution in [0.1, 0.15) is 22.3 Å². The van der Waals surface area contributed by atoms with Gasteiger partial charge in [-0.15, -0.1) is 11.3 Å². The second kappa shape index (κ2) is 8.82. The van der Waals surface area contributed by atoms with Gasteiger partial charge in [0.25, 0.3) is 0 Å². The molecule has 2 unspecified atom stereocenters. The number of likely N-dealkylation sites (N-methyl/N-ethyl adjacent to an activating group) is 1. The van der Waals surface area contributed by atoms with E-state index in [1.54, 1.807) is 14.1 Å². The molecule has 2 aromatic rings. The topological polar surface area (TPSA) is 158 Å². The molecule has 0 bridgehead atoms. The van der Waals surface area contributed by atoms with Gasteiger partial charge < -0.3 is 20.8 Å². The normalized spacial score (nSPS) is 30.6. The third kappa shape index (κ3) is 3.41. The predicted molar refractivity (Wildman–Crippen MR) is 139 cm³/mol. The Labute approximate surface area is 223 Å². The van der Waals surface area contributed by atoms with Crippen LogP contribution in [0.2, 0.25) is 0 Å². The number of hydrogen-bond acceptors (Lipinski definition) is 10. The fourth-order valence-corrected chi connectivity index (χ4v) is 7.41. The van der Waals surface area contributed by atoms with Gasteiger partial charge in [0.2, 0.25) is 5.91 Å². The highest BCUT2D eigenvalue weighted by molar-refractivity contribution is 7.13. The number of hydrogen-bond donors (Lipinski definition) is 3. The van der Waals surface area contributed by atoms with Crippen LogP contribution in [0.4, 0.5) is 5.69 Å². The smallest absolute Gasteiger partial charge is 0.235 e. The number of nitrogens with two attached hydrogens (primary N) is 1. The van der Waals surface area contributed by atoms with Gasteiger partial charge in [-0.25, -0.2) is 0 Å². The van der Waals surface area contributed by atoms with Crippen LogP contribution in [0.3, 0.4) is 0 Å². The highest BCUT2D eigenvalue weighted by atomic mass is 32.1. The van der Waals surface area contributed by atoms with Crippen molar-refractivity contribution in [3.63, 3.8) is 0 Å². The summed E-state index contributed by atoms with van der Waals surface area (Å²) in [6.07, 6.45) is 0.238. The zero-order chi connectivity index (χ0) is 27.8. The molecule has 38 heavy (non-hydrogen) atoms. The van der Waals surface area contributed by atoms with Gasteiger partial charge in [-0.3, -0.25) is 28.9 Å². The molecule has 0 aliphatic heterocycles. The van der Waals surface area contributed by atoms with Crippen LogP contribution in [-0.4, -0.2) is 84.0 Å². The molecule has 0 saturated heterocycles. The minimum absolute atomic E-state index is 0.00815. The number of aromatic hydroxyl groups is 1. The van der Waals surface area contributed by atoms with E-state index < -0.39 is 64.4 Å². The standard InChI is InChI=1S/C27H29N3O7S/c1-29(2)15-10-13(16-6-5-7-38-16)21(31)18-12(15)8-11-9-14-20(30(3)4)23(33)19(26(28)36)25(35)27(14,37)24(34)17(11)22(18)32/h5-7,10-11,14,17,19-20,31,37H,8-9H2,1-4H3,(H2,28,36)/t11-,14-,17?,19?,20-,27-/m1/s1. The number of ketones is 4. The molecule has 1 aromatic carbocycles. The van der Waals surface area contributed by atoms with Crippen molar-refractivity contribution < 1.29 is 34.2 Å². The molecule has 1 amide bonds. The predicted octanol–water partition coefficient (Wildman–Crippen LogP) is 0.661. The number of carbonyl (C=O) groups excluding carboxylic acids is 5. The Morgan fingerprint density at radius 1 is 1.13 bits per heavy atom. The van der Waals surface area contributed by atoms with Crippen LogP contribution in [0.5, 0.6) is 5.75 Å². The molecular weight excluding hydrogens is 510 g/mol. The number of primary amides is 1. The highest BCUT2D eigenvalue weighted by Gasteiger charge is 2.69. The lowest BCUT2D eigenvalue weighted by Crippen LogP contribution is -2.74. The summed E-state index contributed by atoms with van der Waals surface area (Å²) in [6, 6.07) is 4.31. The second-order valence-electron chi connectivity index (χ2n) is 10.8. The molecule has 200 valence electrons. The molecule has 0 spiro atoms. The summed E-state index contributed by atoms with van der Waals surface area (Å²) >= 11 is 1.38. The van der Waals surface area contributed by atoms with Crippen molar-refractivity contribution in [2.24, 2.45) is 29.4 Å². The van der Waals surface area contributed by atoms with Crippen LogP contribution in [0.15, 0.2) is 23.6 Å². The molecule has 2 saturated carbocycles. The molecule has 5 rings (SSSR count). The first-order chi connectivity index (χ1) is 17.8. The zero-order valence-corrected chi connectivity index (χ0v) is 22.2. The second-order valence-corrected chi connectivity index (χ2v) is 11.8. The van der Waals surface area contributed by atoms with Crippen molar-refractivity contribution in [1.82, 2.24) is 4.90 Å². The Kier molecular flexibility index (Phi) is 6.08. The van der Waals surface area contributed by atoms with Gasteiger partial charge in [-0.2, -0.15) is 0 Å². The van der Waals surface area contributed by atoms with Crippen LogP contribution in [-0.2, 0) is 25.6 Å². The van der Waals surface area contributed by atoms with Gasteiger partial charge in [0, 0.05) is 36.1 Å². The summed E-state index contributed by atoms with van der Waals surface area (Å²) in [7, 11) is 6.75. The number of carbonyl (C=O) groups is 5. The van der Waals surface area contributed by atoms with Crippen molar-refractivity contribution >= 4 is 46.1 Å². The number of anilines is 1. The first-order valence-electron chi connectivity index (χ1n) is 12.3. The number of aliphatic hydroxyl groups is 1. The van der Waals surface area contributed by atoms with Crippen molar-refractivity contribution in [2.45, 2.75) is 24.5 Å². The van der Waals surface area contributed by atoms with Crippen LogP contribution in [0.25, 0.3) is 10.4 Å². The van der Waals surface area contributed by atoms with Crippen LogP contribution < -0.4 is 10.6 Å². The lowest BCUT2D eigenvalue weighted by atomic mass is 9.52. The van der Waals surface area contributed by atoms with E-state index in [1.165, 1.54) is 16.2 Å². The molecule has 10 nitrogen and oxygen atoms in total. The molecule has 0 radical (unpaired) electrons. The quantitative estimate of drug-likeness (QED) is 0.475. The fraction of sp³-hybridized carbons (Fsp3) is 0.444. The van der Waals surface area contributed by atoms with Crippen molar-refractivity contribution in [2.75, 3.05) is 33.1 Å².